The number of carbonyl (C=O) groups is 1. The minimum absolute atomic E-state index is 0.265. The topological polar surface area (TPSA) is 20.3 Å². The van der Waals surface area contributed by atoms with Gasteiger partial charge in [-0.3, -0.25) is 4.79 Å². The van der Waals surface area contributed by atoms with Crippen LogP contribution >= 0.6 is 0 Å². The van der Waals surface area contributed by atoms with E-state index in [1.165, 1.54) is 24.3 Å². The van der Waals surface area contributed by atoms with Gasteiger partial charge in [-0.1, -0.05) is 42.5 Å². The first kappa shape index (κ1) is 15.2. The zero-order chi connectivity index (χ0) is 15.5. The van der Waals surface area contributed by atoms with Crippen LogP contribution < -0.4 is 4.90 Å². The van der Waals surface area contributed by atoms with E-state index in [4.69, 9.17) is 0 Å². The van der Waals surface area contributed by atoms with Crippen LogP contribution in [0.15, 0.2) is 54.6 Å². The molecule has 0 atom stereocenters. The van der Waals surface area contributed by atoms with Crippen molar-refractivity contribution in [1.29, 1.82) is 0 Å². The van der Waals surface area contributed by atoms with Gasteiger partial charge in [-0.05, 0) is 17.7 Å². The number of anilines is 1. The second-order valence-electron chi connectivity index (χ2n) is 5.10. The third-order valence-electron chi connectivity index (χ3n) is 3.28. The summed E-state index contributed by atoms with van der Waals surface area (Å²) in [4.78, 5) is 13.8. The summed E-state index contributed by atoms with van der Waals surface area (Å²) in [5, 5.41) is 0. The highest BCUT2D eigenvalue weighted by molar-refractivity contribution is 5.88. The van der Waals surface area contributed by atoms with Crippen LogP contribution in [-0.4, -0.2) is 19.9 Å². The van der Waals surface area contributed by atoms with Crippen LogP contribution in [0.3, 0.4) is 0 Å². The molecule has 2 aromatic rings. The third kappa shape index (κ3) is 3.45. The Hall–Kier alpha value is -2.23. The number of ketones is 1. The summed E-state index contributed by atoms with van der Waals surface area (Å²) in [6.45, 7) is 0. The van der Waals surface area contributed by atoms with E-state index in [1.54, 1.807) is 24.3 Å². The fourth-order valence-corrected chi connectivity index (χ4v) is 2.05. The van der Waals surface area contributed by atoms with Crippen LogP contribution in [-0.2, 0) is 17.1 Å². The average Bonchev–Trinajstić information content (AvgIpc) is 2.48. The molecule has 4 heteroatoms. The molecule has 0 N–H and O–H groups in total. The Morgan fingerprint density at radius 1 is 1.05 bits per heavy atom. The molecule has 0 heterocycles. The first-order valence-corrected chi connectivity index (χ1v) is 6.64. The number of Topliss-reactive ketones (excluding diaryl/α,β-unsaturated/α-hetero) is 1. The lowest BCUT2D eigenvalue weighted by molar-refractivity contribution is -0.143. The maximum absolute atomic E-state index is 14.1. The largest absolute Gasteiger partial charge is 0.378 e. The fourth-order valence-electron chi connectivity index (χ4n) is 2.05. The molecule has 0 aliphatic heterocycles. The summed E-state index contributed by atoms with van der Waals surface area (Å²) < 4.78 is 28.3. The molecule has 2 aromatic carbocycles. The molecular weight excluding hydrogens is 272 g/mol. The van der Waals surface area contributed by atoms with Crippen molar-refractivity contribution in [3.63, 3.8) is 0 Å². The minimum Gasteiger partial charge on any atom is -0.378 e. The number of hydrogen-bond donors (Lipinski definition) is 0. The maximum atomic E-state index is 14.1. The van der Waals surface area contributed by atoms with Crippen molar-refractivity contribution in [2.75, 3.05) is 19.0 Å². The molecule has 21 heavy (non-hydrogen) atoms. The predicted octanol–water partition coefficient (Wildman–Crippen LogP) is 3.66. The lowest BCUT2D eigenvalue weighted by Gasteiger charge is -2.17. The smallest absolute Gasteiger partial charge is 0.330 e. The molecule has 0 radical (unpaired) electrons. The molecule has 0 unspecified atom stereocenters. The lowest BCUT2D eigenvalue weighted by atomic mass is 9.99. The van der Waals surface area contributed by atoms with Crippen molar-refractivity contribution >= 4 is 11.5 Å². The summed E-state index contributed by atoms with van der Waals surface area (Å²) in [5.74, 6) is -4.56. The van der Waals surface area contributed by atoms with Crippen molar-refractivity contribution in [2.24, 2.45) is 0 Å². The van der Waals surface area contributed by atoms with Gasteiger partial charge in [-0.25, -0.2) is 0 Å². The van der Waals surface area contributed by atoms with Crippen molar-refractivity contribution in [3.05, 3.63) is 65.7 Å². The Bertz CT molecular complexity index is 624. The van der Waals surface area contributed by atoms with E-state index in [0.717, 1.165) is 5.69 Å². The number of nitrogens with zero attached hydrogens (tertiary/aromatic N) is 1. The fraction of sp³-hybridized carbons (Fsp3) is 0.235. The molecule has 110 valence electrons. The Labute approximate surface area is 123 Å². The van der Waals surface area contributed by atoms with Crippen LogP contribution in [0, 0.1) is 0 Å². The molecule has 0 aromatic heterocycles. The summed E-state index contributed by atoms with van der Waals surface area (Å²) in [5.41, 5.74) is 1.20. The molecule has 0 spiro atoms. The Morgan fingerprint density at radius 3 is 2.33 bits per heavy atom. The van der Waals surface area contributed by atoms with Gasteiger partial charge in [0.05, 0.1) is 0 Å². The molecule has 0 fully saturated rings. The van der Waals surface area contributed by atoms with Gasteiger partial charge in [0, 0.05) is 31.8 Å². The highest BCUT2D eigenvalue weighted by Crippen LogP contribution is 2.30. The van der Waals surface area contributed by atoms with Crippen LogP contribution in [0.1, 0.15) is 11.1 Å². The van der Waals surface area contributed by atoms with E-state index in [-0.39, 0.29) is 12.0 Å². The second-order valence-corrected chi connectivity index (χ2v) is 5.10. The number of rotatable bonds is 5. The van der Waals surface area contributed by atoms with Crippen LogP contribution in [0.25, 0.3) is 0 Å². The van der Waals surface area contributed by atoms with Crippen LogP contribution in [0.4, 0.5) is 14.5 Å². The van der Waals surface area contributed by atoms with Crippen molar-refractivity contribution < 1.29 is 13.6 Å². The highest BCUT2D eigenvalue weighted by atomic mass is 19.3. The Balaban J connectivity index is 2.20. The Kier molecular flexibility index (Phi) is 4.36. The number of carbonyl (C=O) groups excluding carboxylic acids is 1. The minimum atomic E-state index is -3.46. The summed E-state index contributed by atoms with van der Waals surface area (Å²) in [6, 6.07) is 14.3. The van der Waals surface area contributed by atoms with E-state index >= 15 is 0 Å². The van der Waals surface area contributed by atoms with Crippen molar-refractivity contribution in [2.45, 2.75) is 12.3 Å². The zero-order valence-electron chi connectivity index (χ0n) is 12.0. The molecular formula is C17H17F2NO. The van der Waals surface area contributed by atoms with Crippen LogP contribution in [0.5, 0.6) is 0 Å². The zero-order valence-corrected chi connectivity index (χ0v) is 12.0. The molecule has 0 aliphatic rings. The summed E-state index contributed by atoms with van der Waals surface area (Å²) in [7, 11) is 3.72. The van der Waals surface area contributed by atoms with Gasteiger partial charge in [0.2, 0.25) is 5.78 Å². The molecule has 2 nitrogen and oxygen atoms in total. The average molecular weight is 289 g/mol. The molecule has 2 rings (SSSR count). The summed E-state index contributed by atoms with van der Waals surface area (Å²) >= 11 is 0. The van der Waals surface area contributed by atoms with Crippen LogP contribution in [0.2, 0.25) is 0 Å². The third-order valence-corrected chi connectivity index (χ3v) is 3.28. The maximum Gasteiger partial charge on any atom is 0.330 e. The number of alkyl halides is 2. The SMILES string of the molecule is CN(C)c1cccc(CC(=O)C(F)(F)c2ccccc2)c1. The second kappa shape index (κ2) is 6.04. The van der Waals surface area contributed by atoms with Crippen molar-refractivity contribution in [1.82, 2.24) is 0 Å². The molecule has 0 saturated heterocycles. The number of hydrogen-bond acceptors (Lipinski definition) is 2. The van der Waals surface area contributed by atoms with E-state index in [9.17, 15) is 13.6 Å². The van der Waals surface area contributed by atoms with Gasteiger partial charge in [-0.2, -0.15) is 8.78 Å². The first-order chi connectivity index (χ1) is 9.91. The first-order valence-electron chi connectivity index (χ1n) is 6.64. The van der Waals surface area contributed by atoms with E-state index in [0.29, 0.717) is 5.56 Å². The lowest BCUT2D eigenvalue weighted by Crippen LogP contribution is -2.27. The van der Waals surface area contributed by atoms with Gasteiger partial charge in [-0.15, -0.1) is 0 Å². The van der Waals surface area contributed by atoms with Gasteiger partial charge < -0.3 is 4.90 Å². The van der Waals surface area contributed by atoms with Gasteiger partial charge in [0.25, 0.3) is 0 Å². The highest BCUT2D eigenvalue weighted by Gasteiger charge is 2.39. The molecule has 0 aliphatic carbocycles. The monoisotopic (exact) mass is 289 g/mol. The quantitative estimate of drug-likeness (QED) is 0.837. The Morgan fingerprint density at radius 2 is 1.71 bits per heavy atom. The predicted molar refractivity (Wildman–Crippen MR) is 79.8 cm³/mol. The van der Waals surface area contributed by atoms with Gasteiger partial charge >= 0.3 is 5.92 Å². The normalized spacial score (nSPS) is 11.2. The summed E-state index contributed by atoms with van der Waals surface area (Å²) in [6.07, 6.45) is -0.288. The van der Waals surface area contributed by atoms with E-state index in [2.05, 4.69) is 0 Å². The van der Waals surface area contributed by atoms with Gasteiger partial charge in [0.15, 0.2) is 0 Å². The molecule has 0 amide bonds. The molecule has 0 saturated carbocycles. The van der Waals surface area contributed by atoms with Gasteiger partial charge in [0.1, 0.15) is 0 Å². The molecule has 0 bridgehead atoms. The standard InChI is InChI=1S/C17H17F2NO/c1-20(2)15-10-6-7-13(11-15)12-16(21)17(18,19)14-8-4-3-5-9-14/h3-11H,12H2,1-2H3. The van der Waals surface area contributed by atoms with E-state index in [1.807, 2.05) is 25.1 Å². The van der Waals surface area contributed by atoms with E-state index < -0.39 is 11.7 Å². The number of halogens is 2. The number of benzene rings is 2. The van der Waals surface area contributed by atoms with Crippen molar-refractivity contribution in [3.8, 4) is 0 Å².